The average molecular weight is 500 g/mol. The van der Waals surface area contributed by atoms with Crippen LogP contribution in [0.3, 0.4) is 0 Å². The second-order valence-corrected chi connectivity index (χ2v) is 9.28. The van der Waals surface area contributed by atoms with E-state index in [0.717, 1.165) is 11.1 Å². The van der Waals surface area contributed by atoms with E-state index in [9.17, 15) is 14.4 Å². The zero-order valence-corrected chi connectivity index (χ0v) is 21.3. The van der Waals surface area contributed by atoms with Crippen LogP contribution in [0, 0.1) is 13.8 Å². The summed E-state index contributed by atoms with van der Waals surface area (Å²) in [5.74, 6) is -1.33. The first kappa shape index (κ1) is 24.4. The van der Waals surface area contributed by atoms with Crippen LogP contribution in [0.25, 0.3) is 0 Å². The number of esters is 1. The van der Waals surface area contributed by atoms with Crippen LogP contribution in [0.15, 0.2) is 70.8 Å². The summed E-state index contributed by atoms with van der Waals surface area (Å²) in [5.41, 5.74) is 7.76. The molecule has 2 aliphatic heterocycles. The maximum Gasteiger partial charge on any atom is 0.341 e. The number of benzene rings is 2. The van der Waals surface area contributed by atoms with Crippen LogP contribution >= 0.6 is 0 Å². The van der Waals surface area contributed by atoms with Crippen LogP contribution in [0.1, 0.15) is 41.8 Å². The predicted octanol–water partition coefficient (Wildman–Crippen LogP) is 3.44. The van der Waals surface area contributed by atoms with Gasteiger partial charge in [-0.05, 0) is 39.3 Å². The minimum atomic E-state index is -1.81. The van der Waals surface area contributed by atoms with Gasteiger partial charge in [0.05, 0.1) is 18.7 Å². The van der Waals surface area contributed by atoms with Gasteiger partial charge in [-0.15, -0.1) is 0 Å². The molecule has 0 unspecified atom stereocenters. The lowest BCUT2D eigenvalue weighted by molar-refractivity contribution is -0.140. The normalized spacial score (nSPS) is 18.1. The number of pyridine rings is 1. The summed E-state index contributed by atoms with van der Waals surface area (Å²) in [5, 5.41) is 0. The van der Waals surface area contributed by atoms with Gasteiger partial charge in [-0.1, -0.05) is 48.0 Å². The lowest BCUT2D eigenvalue weighted by Gasteiger charge is -2.36. The molecule has 1 atom stereocenters. The summed E-state index contributed by atoms with van der Waals surface area (Å²) in [7, 11) is 0. The number of carbonyl (C=O) groups excluding carboxylic acids is 2. The van der Waals surface area contributed by atoms with E-state index in [1.54, 1.807) is 41.5 Å². The van der Waals surface area contributed by atoms with Crippen molar-refractivity contribution in [1.29, 1.82) is 0 Å². The number of fused-ring (bicyclic) bond motifs is 4. The third-order valence-electron chi connectivity index (χ3n) is 7.07. The second kappa shape index (κ2) is 8.96. The fourth-order valence-corrected chi connectivity index (χ4v) is 5.58. The van der Waals surface area contributed by atoms with E-state index >= 15 is 0 Å². The molecule has 2 N–H and O–H groups in total. The molecule has 0 bridgehead atoms. The van der Waals surface area contributed by atoms with Crippen LogP contribution in [0.2, 0.25) is 0 Å². The number of para-hydroxylation sites is 1. The summed E-state index contributed by atoms with van der Waals surface area (Å²) >= 11 is 0. The zero-order valence-electron chi connectivity index (χ0n) is 21.3. The monoisotopic (exact) mass is 499 g/mol. The SMILES string of the molecule is CCOC(=O)C1=C(N)Oc2cc(C)n(CC)c(=O)c2[C@]12C(=O)N(Cc1cccc(C)c1)c1ccccc12. The molecule has 3 aromatic rings. The minimum Gasteiger partial charge on any atom is -0.462 e. The van der Waals surface area contributed by atoms with Crippen molar-refractivity contribution in [2.75, 3.05) is 11.5 Å². The molecule has 1 spiro atoms. The Bertz CT molecular complexity index is 1540. The number of nitrogens with two attached hydrogens (primary N) is 1. The van der Waals surface area contributed by atoms with Gasteiger partial charge in [0.25, 0.3) is 5.56 Å². The number of rotatable bonds is 5. The topological polar surface area (TPSA) is 104 Å². The predicted molar refractivity (Wildman–Crippen MR) is 139 cm³/mol. The number of anilines is 1. The van der Waals surface area contributed by atoms with Crippen LogP contribution in [0.4, 0.5) is 5.69 Å². The fraction of sp³-hybridized carbons (Fsp3) is 0.276. The molecular weight excluding hydrogens is 470 g/mol. The summed E-state index contributed by atoms with van der Waals surface area (Å²) in [6.07, 6.45) is 0. The highest BCUT2D eigenvalue weighted by molar-refractivity contribution is 6.18. The average Bonchev–Trinajstić information content (AvgIpc) is 3.08. The van der Waals surface area contributed by atoms with E-state index in [4.69, 9.17) is 15.2 Å². The molecule has 1 amide bonds. The number of nitrogens with zero attached hydrogens (tertiary/aromatic N) is 2. The first-order valence-corrected chi connectivity index (χ1v) is 12.3. The van der Waals surface area contributed by atoms with E-state index in [-0.39, 0.29) is 35.9 Å². The maximum absolute atomic E-state index is 14.7. The molecule has 0 saturated heterocycles. The Morgan fingerprint density at radius 3 is 2.51 bits per heavy atom. The summed E-state index contributed by atoms with van der Waals surface area (Å²) in [4.78, 5) is 43.8. The van der Waals surface area contributed by atoms with Crippen LogP contribution in [-0.4, -0.2) is 23.1 Å². The third-order valence-corrected chi connectivity index (χ3v) is 7.07. The Morgan fingerprint density at radius 1 is 1.05 bits per heavy atom. The lowest BCUT2D eigenvalue weighted by Crippen LogP contribution is -2.52. The quantitative estimate of drug-likeness (QED) is 0.540. The number of hydrogen-bond acceptors (Lipinski definition) is 6. The third kappa shape index (κ3) is 3.47. The molecule has 0 saturated carbocycles. The highest BCUT2D eigenvalue weighted by atomic mass is 16.5. The van der Waals surface area contributed by atoms with Gasteiger partial charge in [-0.3, -0.25) is 9.59 Å². The first-order valence-electron chi connectivity index (χ1n) is 12.3. The van der Waals surface area contributed by atoms with E-state index in [1.807, 2.05) is 50.2 Å². The van der Waals surface area contributed by atoms with E-state index in [1.165, 1.54) is 0 Å². The van der Waals surface area contributed by atoms with Crippen molar-refractivity contribution in [3.05, 3.63) is 104 Å². The van der Waals surface area contributed by atoms with Gasteiger partial charge in [0.15, 0.2) is 0 Å². The van der Waals surface area contributed by atoms with Crippen LogP contribution in [-0.2, 0) is 32.8 Å². The van der Waals surface area contributed by atoms with Gasteiger partial charge in [0, 0.05) is 29.6 Å². The molecule has 8 nitrogen and oxygen atoms in total. The van der Waals surface area contributed by atoms with Crippen molar-refractivity contribution in [2.45, 2.75) is 46.2 Å². The number of amides is 1. The molecule has 190 valence electrons. The summed E-state index contributed by atoms with van der Waals surface area (Å²) in [6, 6.07) is 16.7. The number of ether oxygens (including phenoxy) is 2. The molecular formula is C29H29N3O5. The highest BCUT2D eigenvalue weighted by Crippen LogP contribution is 2.54. The van der Waals surface area contributed by atoms with E-state index in [2.05, 4.69) is 0 Å². The number of carbonyl (C=O) groups is 2. The highest BCUT2D eigenvalue weighted by Gasteiger charge is 2.62. The largest absolute Gasteiger partial charge is 0.462 e. The molecule has 0 aliphatic carbocycles. The molecule has 0 radical (unpaired) electrons. The zero-order chi connectivity index (χ0) is 26.5. The van der Waals surface area contributed by atoms with E-state index < -0.39 is 22.9 Å². The molecule has 37 heavy (non-hydrogen) atoms. The van der Waals surface area contributed by atoms with Crippen molar-refractivity contribution in [3.8, 4) is 5.75 Å². The maximum atomic E-state index is 14.7. The van der Waals surface area contributed by atoms with Gasteiger partial charge in [-0.25, -0.2) is 4.79 Å². The van der Waals surface area contributed by atoms with Gasteiger partial charge in [-0.2, -0.15) is 0 Å². The number of hydrogen-bond donors (Lipinski definition) is 1. The summed E-state index contributed by atoms with van der Waals surface area (Å²) < 4.78 is 12.8. The van der Waals surface area contributed by atoms with Crippen molar-refractivity contribution in [3.63, 3.8) is 0 Å². The van der Waals surface area contributed by atoms with Crippen molar-refractivity contribution in [1.82, 2.24) is 4.57 Å². The minimum absolute atomic E-state index is 0.0640. The van der Waals surface area contributed by atoms with Crippen molar-refractivity contribution in [2.24, 2.45) is 5.73 Å². The molecule has 8 heteroatoms. The number of aryl methyl sites for hydroxylation is 2. The Labute approximate surface area is 214 Å². The lowest BCUT2D eigenvalue weighted by atomic mass is 9.68. The Hall–Kier alpha value is -4.33. The smallest absolute Gasteiger partial charge is 0.341 e. The first-order chi connectivity index (χ1) is 17.7. The Morgan fingerprint density at radius 2 is 1.81 bits per heavy atom. The van der Waals surface area contributed by atoms with Gasteiger partial charge < -0.3 is 24.7 Å². The standard InChI is InChI=1S/C29H29N3O5/c1-5-31-18(4)15-22-23(26(31)33)29(24(25(30)37-22)27(34)36-6-2)20-12-7-8-13-21(20)32(28(29)35)16-19-11-9-10-17(3)14-19/h7-15H,5-6,16,30H2,1-4H3/t29-/m0/s1. The van der Waals surface area contributed by atoms with Crippen LogP contribution in [0.5, 0.6) is 5.75 Å². The summed E-state index contributed by atoms with van der Waals surface area (Å²) in [6.45, 7) is 7.98. The van der Waals surface area contributed by atoms with E-state index in [0.29, 0.717) is 23.5 Å². The van der Waals surface area contributed by atoms with Crippen molar-refractivity contribution >= 4 is 17.6 Å². The van der Waals surface area contributed by atoms with Gasteiger partial charge in [0.1, 0.15) is 16.7 Å². The second-order valence-electron chi connectivity index (χ2n) is 9.28. The van der Waals surface area contributed by atoms with Crippen molar-refractivity contribution < 1.29 is 19.1 Å². The molecule has 2 aliphatic rings. The number of aromatic nitrogens is 1. The molecule has 1 aromatic heterocycles. The van der Waals surface area contributed by atoms with Gasteiger partial charge in [0.2, 0.25) is 11.8 Å². The Balaban J connectivity index is 1.86. The Kier molecular flexibility index (Phi) is 5.90. The van der Waals surface area contributed by atoms with Crippen LogP contribution < -0.4 is 20.9 Å². The molecule has 2 aromatic carbocycles. The molecule has 0 fully saturated rings. The fourth-order valence-electron chi connectivity index (χ4n) is 5.58. The molecule has 3 heterocycles. The molecule has 5 rings (SSSR count). The van der Waals surface area contributed by atoms with Gasteiger partial charge >= 0.3 is 5.97 Å².